The second kappa shape index (κ2) is 6.20. The van der Waals surface area contributed by atoms with Crippen LogP contribution in [0, 0.1) is 0 Å². The molecule has 1 aromatic heterocycles. The Morgan fingerprint density at radius 3 is 3.00 bits per heavy atom. The molecule has 2 saturated heterocycles. The molecule has 0 bridgehead atoms. The molecule has 0 unspecified atom stereocenters. The maximum Gasteiger partial charge on any atom is 0.151 e. The van der Waals surface area contributed by atoms with Crippen molar-refractivity contribution in [3.63, 3.8) is 0 Å². The van der Waals surface area contributed by atoms with E-state index in [4.69, 9.17) is 16.3 Å². The first-order valence-electron chi connectivity index (χ1n) is 6.94. The molecule has 0 radical (unpaired) electrons. The fourth-order valence-electron chi connectivity index (χ4n) is 3.01. The monoisotopic (exact) mass is 300 g/mol. The summed E-state index contributed by atoms with van der Waals surface area (Å²) in [5, 5.41) is 8.46. The van der Waals surface area contributed by atoms with Gasteiger partial charge in [0.05, 0.1) is 18.8 Å². The van der Waals surface area contributed by atoms with Gasteiger partial charge >= 0.3 is 0 Å². The molecule has 0 amide bonds. The third-order valence-corrected chi connectivity index (χ3v) is 4.18. The number of halogens is 2. The highest BCUT2D eigenvalue weighted by Gasteiger charge is 2.37. The number of nitrogens with zero attached hydrogens (tertiary/aromatic N) is 4. The predicted molar refractivity (Wildman–Crippen MR) is 74.9 cm³/mol. The van der Waals surface area contributed by atoms with Crippen molar-refractivity contribution in [3.8, 4) is 0 Å². The topological polar surface area (TPSA) is 41.5 Å². The van der Waals surface area contributed by atoms with Gasteiger partial charge in [-0.05, 0) is 18.6 Å². The minimum Gasteiger partial charge on any atom is -0.374 e. The SMILES string of the molecule is FCCN1CC[C@H]2OCCN(c3ccc(Cl)nn3)[C@H]2C1. The number of hydrogen-bond acceptors (Lipinski definition) is 5. The van der Waals surface area contributed by atoms with Crippen molar-refractivity contribution in [1.82, 2.24) is 15.1 Å². The maximum atomic E-state index is 12.5. The molecule has 3 heterocycles. The lowest BCUT2D eigenvalue weighted by Crippen LogP contribution is -2.60. The molecule has 20 heavy (non-hydrogen) atoms. The Morgan fingerprint density at radius 2 is 2.25 bits per heavy atom. The quantitative estimate of drug-likeness (QED) is 0.843. The smallest absolute Gasteiger partial charge is 0.151 e. The predicted octanol–water partition coefficient (Wildman–Crippen LogP) is 1.38. The first kappa shape index (κ1) is 14.0. The summed E-state index contributed by atoms with van der Waals surface area (Å²) in [4.78, 5) is 4.36. The first-order chi connectivity index (χ1) is 9.78. The van der Waals surface area contributed by atoms with Crippen molar-refractivity contribution in [2.45, 2.75) is 18.6 Å². The number of fused-ring (bicyclic) bond motifs is 1. The van der Waals surface area contributed by atoms with Gasteiger partial charge in [0.1, 0.15) is 6.67 Å². The number of piperidine rings is 1. The van der Waals surface area contributed by atoms with Crippen molar-refractivity contribution < 1.29 is 9.13 Å². The Labute approximate surface area is 122 Å². The molecule has 5 nitrogen and oxygen atoms in total. The molecule has 2 atom stereocenters. The number of ether oxygens (including phenoxy) is 1. The standard InChI is InChI=1S/C13H18ClFN4O/c14-12-1-2-13(17-16-12)19-7-8-20-11-3-5-18(6-4-15)9-10(11)19/h1-2,10-11H,3-9H2/t10-,11+/m0/s1. The normalized spacial score (nSPS) is 27.4. The minimum absolute atomic E-state index is 0.192. The van der Waals surface area contributed by atoms with Gasteiger partial charge in [0.2, 0.25) is 0 Å². The number of rotatable bonds is 3. The van der Waals surface area contributed by atoms with E-state index in [1.807, 2.05) is 6.07 Å². The van der Waals surface area contributed by atoms with Gasteiger partial charge in [-0.15, -0.1) is 10.2 Å². The van der Waals surface area contributed by atoms with E-state index in [1.165, 1.54) is 0 Å². The summed E-state index contributed by atoms with van der Waals surface area (Å²) in [6, 6.07) is 3.84. The maximum absolute atomic E-state index is 12.5. The highest BCUT2D eigenvalue weighted by Crippen LogP contribution is 2.26. The lowest BCUT2D eigenvalue weighted by Gasteiger charge is -2.47. The Morgan fingerprint density at radius 1 is 1.35 bits per heavy atom. The summed E-state index contributed by atoms with van der Waals surface area (Å²) >= 11 is 5.79. The second-order valence-electron chi connectivity index (χ2n) is 5.16. The highest BCUT2D eigenvalue weighted by molar-refractivity contribution is 6.29. The van der Waals surface area contributed by atoms with E-state index in [0.717, 1.165) is 31.9 Å². The highest BCUT2D eigenvalue weighted by atomic mass is 35.5. The molecule has 0 aromatic carbocycles. The zero-order valence-corrected chi connectivity index (χ0v) is 12.0. The van der Waals surface area contributed by atoms with E-state index < -0.39 is 0 Å². The van der Waals surface area contributed by atoms with Gasteiger partial charge in [0.25, 0.3) is 0 Å². The van der Waals surface area contributed by atoms with E-state index in [-0.39, 0.29) is 18.8 Å². The Hall–Kier alpha value is -0.980. The lowest BCUT2D eigenvalue weighted by atomic mass is 9.98. The number of morpholine rings is 1. The largest absolute Gasteiger partial charge is 0.374 e. The van der Waals surface area contributed by atoms with Gasteiger partial charge in [0, 0.05) is 26.2 Å². The molecule has 0 aliphatic carbocycles. The van der Waals surface area contributed by atoms with Crippen LogP contribution in [0.3, 0.4) is 0 Å². The van der Waals surface area contributed by atoms with Gasteiger partial charge in [-0.1, -0.05) is 11.6 Å². The van der Waals surface area contributed by atoms with Gasteiger partial charge in [-0.3, -0.25) is 4.90 Å². The van der Waals surface area contributed by atoms with Crippen LogP contribution in [0.5, 0.6) is 0 Å². The molecule has 2 fully saturated rings. The van der Waals surface area contributed by atoms with Crippen LogP contribution in [0.2, 0.25) is 5.15 Å². The number of anilines is 1. The molecular formula is C13H18ClFN4O. The zero-order chi connectivity index (χ0) is 13.9. The van der Waals surface area contributed by atoms with Gasteiger partial charge in [-0.25, -0.2) is 4.39 Å². The lowest BCUT2D eigenvalue weighted by molar-refractivity contribution is -0.0298. The van der Waals surface area contributed by atoms with Crippen molar-refractivity contribution >= 4 is 17.4 Å². The van der Waals surface area contributed by atoms with Crippen LogP contribution in [0.25, 0.3) is 0 Å². The number of aromatic nitrogens is 2. The summed E-state index contributed by atoms with van der Waals surface area (Å²) in [7, 11) is 0. The molecule has 3 rings (SSSR count). The number of hydrogen-bond donors (Lipinski definition) is 0. The van der Waals surface area contributed by atoms with Crippen LogP contribution >= 0.6 is 11.6 Å². The van der Waals surface area contributed by atoms with Crippen LogP contribution in [-0.4, -0.2) is 66.7 Å². The van der Waals surface area contributed by atoms with Crippen LogP contribution in [0.4, 0.5) is 10.2 Å². The fraction of sp³-hybridized carbons (Fsp3) is 0.692. The summed E-state index contributed by atoms with van der Waals surface area (Å²) < 4.78 is 18.4. The van der Waals surface area contributed by atoms with Crippen molar-refractivity contribution in [1.29, 1.82) is 0 Å². The summed E-state index contributed by atoms with van der Waals surface area (Å²) in [6.07, 6.45) is 1.12. The average Bonchev–Trinajstić information content (AvgIpc) is 2.48. The van der Waals surface area contributed by atoms with Crippen LogP contribution in [0.1, 0.15) is 6.42 Å². The third kappa shape index (κ3) is 2.87. The molecule has 2 aliphatic heterocycles. The third-order valence-electron chi connectivity index (χ3n) is 3.98. The van der Waals surface area contributed by atoms with E-state index in [0.29, 0.717) is 18.3 Å². The van der Waals surface area contributed by atoms with Gasteiger partial charge in [0.15, 0.2) is 11.0 Å². The fourth-order valence-corrected chi connectivity index (χ4v) is 3.11. The second-order valence-corrected chi connectivity index (χ2v) is 5.55. The van der Waals surface area contributed by atoms with E-state index >= 15 is 0 Å². The summed E-state index contributed by atoms with van der Waals surface area (Å²) in [5.41, 5.74) is 0. The van der Waals surface area contributed by atoms with E-state index in [9.17, 15) is 4.39 Å². The molecule has 0 N–H and O–H groups in total. The van der Waals surface area contributed by atoms with Crippen molar-refractivity contribution in [2.24, 2.45) is 0 Å². The van der Waals surface area contributed by atoms with Crippen LogP contribution in [-0.2, 0) is 4.74 Å². The van der Waals surface area contributed by atoms with Crippen LogP contribution < -0.4 is 4.90 Å². The average molecular weight is 301 g/mol. The summed E-state index contributed by atoms with van der Waals surface area (Å²) in [5.74, 6) is 0.815. The van der Waals surface area contributed by atoms with E-state index in [2.05, 4.69) is 20.0 Å². The number of alkyl halides is 1. The minimum atomic E-state index is -0.307. The molecule has 110 valence electrons. The molecule has 0 spiro atoms. The van der Waals surface area contributed by atoms with Crippen LogP contribution in [0.15, 0.2) is 12.1 Å². The van der Waals surface area contributed by atoms with Gasteiger partial charge in [-0.2, -0.15) is 0 Å². The van der Waals surface area contributed by atoms with E-state index in [1.54, 1.807) is 6.07 Å². The Bertz CT molecular complexity index is 447. The van der Waals surface area contributed by atoms with Crippen molar-refractivity contribution in [2.75, 3.05) is 44.4 Å². The van der Waals surface area contributed by atoms with Gasteiger partial charge < -0.3 is 9.64 Å². The Balaban J connectivity index is 1.77. The molecule has 1 aromatic rings. The van der Waals surface area contributed by atoms with Crippen molar-refractivity contribution in [3.05, 3.63) is 17.3 Å². The molecule has 0 saturated carbocycles. The molecule has 7 heteroatoms. The first-order valence-corrected chi connectivity index (χ1v) is 7.31. The number of likely N-dealkylation sites (tertiary alicyclic amines) is 1. The molecule has 2 aliphatic rings. The zero-order valence-electron chi connectivity index (χ0n) is 11.2. The molecular weight excluding hydrogens is 283 g/mol. The Kier molecular flexibility index (Phi) is 4.33. The summed E-state index contributed by atoms with van der Waals surface area (Å²) in [6.45, 7) is 3.35.